The lowest BCUT2D eigenvalue weighted by atomic mass is 9.87. The molecule has 0 aromatic heterocycles. The zero-order valence-corrected chi connectivity index (χ0v) is 13.4. The predicted molar refractivity (Wildman–Crippen MR) is 95.1 cm³/mol. The maximum atomic E-state index is 3.31. The van der Waals surface area contributed by atoms with Crippen LogP contribution in [0, 0.1) is 11.8 Å². The summed E-state index contributed by atoms with van der Waals surface area (Å²) in [6.45, 7) is 6.68. The third-order valence-corrected chi connectivity index (χ3v) is 3.88. The molecule has 0 radical (unpaired) electrons. The molecule has 3 aromatic rings. The third-order valence-electron chi connectivity index (χ3n) is 3.88. The summed E-state index contributed by atoms with van der Waals surface area (Å²) < 4.78 is 0. The highest BCUT2D eigenvalue weighted by molar-refractivity contribution is 5.88. The average Bonchev–Trinajstić information content (AvgIpc) is 2.52. The minimum Gasteiger partial charge on any atom is -0.0616 e. The van der Waals surface area contributed by atoms with Gasteiger partial charge in [0.05, 0.1) is 0 Å². The number of benzene rings is 3. The highest BCUT2D eigenvalue weighted by atomic mass is 14.2. The lowest BCUT2D eigenvalue weighted by Gasteiger charge is -2.18. The molecule has 3 aromatic carbocycles. The van der Waals surface area contributed by atoms with Crippen molar-refractivity contribution in [3.05, 3.63) is 83.4 Å². The van der Waals surface area contributed by atoms with E-state index in [0.717, 1.165) is 11.1 Å². The molecule has 0 saturated heterocycles. The van der Waals surface area contributed by atoms with Gasteiger partial charge in [-0.05, 0) is 39.9 Å². The van der Waals surface area contributed by atoms with E-state index >= 15 is 0 Å². The van der Waals surface area contributed by atoms with Gasteiger partial charge < -0.3 is 0 Å². The first-order valence-corrected chi connectivity index (χ1v) is 7.64. The summed E-state index contributed by atoms with van der Waals surface area (Å²) >= 11 is 0. The SMILES string of the molecule is CC(C)(C)c1ccc(C#Cc2cccc3ccccc23)cc1. The largest absolute Gasteiger partial charge is 0.0616 e. The molecule has 0 spiro atoms. The Balaban J connectivity index is 1.95. The van der Waals surface area contributed by atoms with E-state index in [-0.39, 0.29) is 5.41 Å². The standard InChI is InChI=1S/C22H20/c1-22(2,3)20-15-12-17(13-16-20)11-14-19-9-6-8-18-7-4-5-10-21(18)19/h4-10,12-13,15-16H,1-3H3. The summed E-state index contributed by atoms with van der Waals surface area (Å²) in [5.41, 5.74) is 3.66. The minimum atomic E-state index is 0.182. The molecular formula is C22H20. The first-order chi connectivity index (χ1) is 10.5. The first-order valence-electron chi connectivity index (χ1n) is 7.64. The monoisotopic (exact) mass is 284 g/mol. The van der Waals surface area contributed by atoms with Crippen LogP contribution in [0.2, 0.25) is 0 Å². The molecule has 0 nitrogen and oxygen atoms in total. The summed E-state index contributed by atoms with van der Waals surface area (Å²) in [7, 11) is 0. The van der Waals surface area contributed by atoms with E-state index in [2.05, 4.69) is 99.3 Å². The number of rotatable bonds is 0. The van der Waals surface area contributed by atoms with Gasteiger partial charge in [0.15, 0.2) is 0 Å². The van der Waals surface area contributed by atoms with Gasteiger partial charge in [-0.1, -0.05) is 81.1 Å². The molecule has 0 amide bonds. The Bertz CT molecular complexity index is 845. The molecule has 0 fully saturated rings. The van der Waals surface area contributed by atoms with Crippen molar-refractivity contribution in [1.82, 2.24) is 0 Å². The minimum absolute atomic E-state index is 0.182. The molecule has 0 aliphatic carbocycles. The molecule has 0 aliphatic heterocycles. The zero-order chi connectivity index (χ0) is 15.6. The van der Waals surface area contributed by atoms with Crippen molar-refractivity contribution < 1.29 is 0 Å². The van der Waals surface area contributed by atoms with Gasteiger partial charge in [0.25, 0.3) is 0 Å². The van der Waals surface area contributed by atoms with Gasteiger partial charge >= 0.3 is 0 Å². The Labute approximate surface area is 132 Å². The van der Waals surface area contributed by atoms with E-state index in [1.165, 1.54) is 16.3 Å². The molecule has 0 heteroatoms. The summed E-state index contributed by atoms with van der Waals surface area (Å²) in [6.07, 6.45) is 0. The highest BCUT2D eigenvalue weighted by Gasteiger charge is 2.12. The van der Waals surface area contributed by atoms with Crippen LogP contribution in [0.15, 0.2) is 66.7 Å². The van der Waals surface area contributed by atoms with E-state index in [1.807, 2.05) is 0 Å². The van der Waals surface area contributed by atoms with Crippen molar-refractivity contribution in [2.45, 2.75) is 26.2 Å². The fourth-order valence-electron chi connectivity index (χ4n) is 2.53. The fraction of sp³-hybridized carbons (Fsp3) is 0.182. The molecule has 0 saturated carbocycles. The Morgan fingerprint density at radius 1 is 0.682 bits per heavy atom. The maximum absolute atomic E-state index is 3.31. The van der Waals surface area contributed by atoms with Crippen LogP contribution in [0.3, 0.4) is 0 Å². The van der Waals surface area contributed by atoms with Gasteiger partial charge in [-0.25, -0.2) is 0 Å². The van der Waals surface area contributed by atoms with Crippen LogP contribution < -0.4 is 0 Å². The molecule has 3 rings (SSSR count). The number of hydrogen-bond donors (Lipinski definition) is 0. The average molecular weight is 284 g/mol. The molecule has 0 heterocycles. The van der Waals surface area contributed by atoms with Crippen LogP contribution in [0.1, 0.15) is 37.5 Å². The van der Waals surface area contributed by atoms with Gasteiger partial charge in [0, 0.05) is 11.1 Å². The van der Waals surface area contributed by atoms with Gasteiger partial charge in [0.2, 0.25) is 0 Å². The van der Waals surface area contributed by atoms with Crippen LogP contribution >= 0.6 is 0 Å². The Hall–Kier alpha value is -2.52. The van der Waals surface area contributed by atoms with Crippen molar-refractivity contribution in [3.63, 3.8) is 0 Å². The van der Waals surface area contributed by atoms with Crippen molar-refractivity contribution in [1.29, 1.82) is 0 Å². The quantitative estimate of drug-likeness (QED) is 0.476. The Morgan fingerprint density at radius 3 is 2.09 bits per heavy atom. The first kappa shape index (κ1) is 14.4. The summed E-state index contributed by atoms with van der Waals surface area (Å²) in [6, 6.07) is 23.2. The molecule has 108 valence electrons. The van der Waals surface area contributed by atoms with Crippen molar-refractivity contribution >= 4 is 10.8 Å². The number of fused-ring (bicyclic) bond motifs is 1. The van der Waals surface area contributed by atoms with Crippen LogP contribution in [0.4, 0.5) is 0 Å². The smallest absolute Gasteiger partial charge is 0.0327 e. The van der Waals surface area contributed by atoms with E-state index in [0.29, 0.717) is 0 Å². The topological polar surface area (TPSA) is 0 Å². The second-order valence-corrected chi connectivity index (χ2v) is 6.60. The van der Waals surface area contributed by atoms with E-state index in [4.69, 9.17) is 0 Å². The van der Waals surface area contributed by atoms with E-state index < -0.39 is 0 Å². The summed E-state index contributed by atoms with van der Waals surface area (Å²) in [5, 5.41) is 2.45. The number of hydrogen-bond acceptors (Lipinski definition) is 0. The predicted octanol–water partition coefficient (Wildman–Crippen LogP) is 5.54. The van der Waals surface area contributed by atoms with Crippen LogP contribution in [0.5, 0.6) is 0 Å². The molecule has 22 heavy (non-hydrogen) atoms. The lowest BCUT2D eigenvalue weighted by Crippen LogP contribution is -2.10. The van der Waals surface area contributed by atoms with Gasteiger partial charge in [-0.15, -0.1) is 0 Å². The van der Waals surface area contributed by atoms with Crippen LogP contribution in [0.25, 0.3) is 10.8 Å². The van der Waals surface area contributed by atoms with Crippen LogP contribution in [-0.4, -0.2) is 0 Å². The van der Waals surface area contributed by atoms with Crippen molar-refractivity contribution in [2.75, 3.05) is 0 Å². The molecule has 0 unspecified atom stereocenters. The zero-order valence-electron chi connectivity index (χ0n) is 13.4. The normalized spacial score (nSPS) is 11.0. The second-order valence-electron chi connectivity index (χ2n) is 6.60. The third kappa shape index (κ3) is 3.05. The van der Waals surface area contributed by atoms with Gasteiger partial charge in [-0.3, -0.25) is 0 Å². The van der Waals surface area contributed by atoms with Crippen LogP contribution in [-0.2, 0) is 5.41 Å². The fourth-order valence-corrected chi connectivity index (χ4v) is 2.53. The van der Waals surface area contributed by atoms with Gasteiger partial charge in [0.1, 0.15) is 0 Å². The molecule has 0 aliphatic rings. The molecule has 0 bridgehead atoms. The van der Waals surface area contributed by atoms with Gasteiger partial charge in [-0.2, -0.15) is 0 Å². The Morgan fingerprint density at radius 2 is 1.36 bits per heavy atom. The maximum Gasteiger partial charge on any atom is 0.0327 e. The molecule has 0 N–H and O–H groups in total. The molecular weight excluding hydrogens is 264 g/mol. The second kappa shape index (κ2) is 5.70. The van der Waals surface area contributed by atoms with E-state index in [9.17, 15) is 0 Å². The van der Waals surface area contributed by atoms with Crippen molar-refractivity contribution in [3.8, 4) is 11.8 Å². The Kier molecular flexibility index (Phi) is 3.73. The van der Waals surface area contributed by atoms with Crippen molar-refractivity contribution in [2.24, 2.45) is 0 Å². The van der Waals surface area contributed by atoms with E-state index in [1.54, 1.807) is 0 Å². The summed E-state index contributed by atoms with van der Waals surface area (Å²) in [5.74, 6) is 6.59. The molecule has 0 atom stereocenters. The lowest BCUT2D eigenvalue weighted by molar-refractivity contribution is 0.590. The summed E-state index contributed by atoms with van der Waals surface area (Å²) in [4.78, 5) is 0. The highest BCUT2D eigenvalue weighted by Crippen LogP contribution is 2.22.